The first-order valence-corrected chi connectivity index (χ1v) is 12.9. The van der Waals surface area contributed by atoms with E-state index in [0.29, 0.717) is 5.69 Å². The molecule has 1 fully saturated rings. The summed E-state index contributed by atoms with van der Waals surface area (Å²) in [5.74, 6) is 2.27. The van der Waals surface area contributed by atoms with Gasteiger partial charge in [0.25, 0.3) is 5.91 Å². The third kappa shape index (κ3) is 6.23. The Morgan fingerprint density at radius 1 is 1.03 bits per heavy atom. The summed E-state index contributed by atoms with van der Waals surface area (Å²) < 4.78 is 6.09. The lowest BCUT2D eigenvalue weighted by Gasteiger charge is -2.30. The topological polar surface area (TPSA) is 67.3 Å². The van der Waals surface area contributed by atoms with Crippen LogP contribution in [0.5, 0.6) is 5.75 Å². The summed E-state index contributed by atoms with van der Waals surface area (Å²) in [6, 6.07) is 17.8. The van der Waals surface area contributed by atoms with Gasteiger partial charge in [-0.15, -0.1) is 10.2 Å². The molecule has 1 atom stereocenters. The summed E-state index contributed by atoms with van der Waals surface area (Å²) in [4.78, 5) is 15.1. The number of carbonyl (C=O) groups is 1. The lowest BCUT2D eigenvalue weighted by atomic mass is 9.85. The minimum atomic E-state index is -0.635. The number of hydrogen-bond donors (Lipinski definition) is 1. The van der Waals surface area contributed by atoms with Gasteiger partial charge >= 0.3 is 0 Å². The maximum absolute atomic E-state index is 12.8. The highest BCUT2D eigenvalue weighted by Gasteiger charge is 2.23. The molecule has 1 aliphatic heterocycles. The Balaban J connectivity index is 1.37. The number of nitrogens with one attached hydrogen (secondary N) is 1. The second-order valence-corrected chi connectivity index (χ2v) is 11.0. The molecular formula is C30H38N4O2. The normalized spacial score (nSPS) is 15.4. The number of anilines is 2. The highest BCUT2D eigenvalue weighted by atomic mass is 16.5. The number of amides is 1. The molecule has 0 bridgehead atoms. The molecule has 0 spiro atoms. The fourth-order valence-corrected chi connectivity index (χ4v) is 4.43. The van der Waals surface area contributed by atoms with Gasteiger partial charge in [-0.25, -0.2) is 0 Å². The summed E-state index contributed by atoms with van der Waals surface area (Å²) in [5, 5.41) is 11.9. The SMILES string of the molecule is Cc1ccc(OC(C)C(=O)Nc2ccc(-c3ccc(N4CCC(C)CC4)nn3)cc2)c(C(C)(C)C)c1. The second kappa shape index (κ2) is 10.7. The van der Waals surface area contributed by atoms with Gasteiger partial charge in [0, 0.05) is 24.3 Å². The Kier molecular flexibility index (Phi) is 7.62. The molecule has 1 N–H and O–H groups in total. The van der Waals surface area contributed by atoms with E-state index in [1.165, 1.54) is 18.4 Å². The number of rotatable bonds is 6. The average Bonchev–Trinajstić information content (AvgIpc) is 2.85. The molecule has 1 amide bonds. The zero-order valence-corrected chi connectivity index (χ0v) is 22.3. The Bertz CT molecular complexity index is 1180. The summed E-state index contributed by atoms with van der Waals surface area (Å²) in [5.41, 5.74) is 4.66. The predicted octanol–water partition coefficient (Wildman–Crippen LogP) is 6.39. The highest BCUT2D eigenvalue weighted by molar-refractivity contribution is 5.94. The van der Waals surface area contributed by atoms with Gasteiger partial charge in [0.1, 0.15) is 5.75 Å². The number of aromatic nitrogens is 2. The highest BCUT2D eigenvalue weighted by Crippen LogP contribution is 2.33. The molecular weight excluding hydrogens is 448 g/mol. The van der Waals surface area contributed by atoms with Crippen LogP contribution in [0.25, 0.3) is 11.3 Å². The number of carbonyl (C=O) groups excluding carboxylic acids is 1. The zero-order valence-electron chi connectivity index (χ0n) is 22.3. The van der Waals surface area contributed by atoms with Crippen LogP contribution in [-0.2, 0) is 10.2 Å². The molecule has 0 saturated carbocycles. The van der Waals surface area contributed by atoms with Gasteiger partial charge in [0.05, 0.1) is 5.69 Å². The van der Waals surface area contributed by atoms with Crippen molar-refractivity contribution < 1.29 is 9.53 Å². The van der Waals surface area contributed by atoms with Crippen molar-refractivity contribution >= 4 is 17.4 Å². The van der Waals surface area contributed by atoms with Crippen LogP contribution in [0.1, 0.15) is 58.6 Å². The van der Waals surface area contributed by atoms with Gasteiger partial charge in [-0.3, -0.25) is 4.79 Å². The first kappa shape index (κ1) is 25.7. The van der Waals surface area contributed by atoms with Crippen LogP contribution in [0.2, 0.25) is 0 Å². The number of piperidine rings is 1. The van der Waals surface area contributed by atoms with Crippen molar-refractivity contribution in [3.05, 3.63) is 65.7 Å². The lowest BCUT2D eigenvalue weighted by Crippen LogP contribution is -2.33. The van der Waals surface area contributed by atoms with Crippen LogP contribution < -0.4 is 15.0 Å². The standard InChI is InChI=1S/C30H38N4O2/c1-20-15-17-34(18-16-20)28-14-12-26(32-33-28)23-8-10-24(11-9-23)31-29(35)22(3)36-27-13-7-21(2)19-25(27)30(4,5)6/h7-14,19-20,22H,15-18H2,1-6H3,(H,31,35). The monoisotopic (exact) mass is 486 g/mol. The molecule has 0 aliphatic carbocycles. The number of benzene rings is 2. The summed E-state index contributed by atoms with van der Waals surface area (Å²) in [6.07, 6.45) is 1.76. The number of nitrogens with zero attached hydrogens (tertiary/aromatic N) is 3. The van der Waals surface area contributed by atoms with E-state index in [1.807, 2.05) is 48.5 Å². The smallest absolute Gasteiger partial charge is 0.265 e. The van der Waals surface area contributed by atoms with E-state index in [-0.39, 0.29) is 11.3 Å². The van der Waals surface area contributed by atoms with Crippen LogP contribution in [-0.4, -0.2) is 35.3 Å². The van der Waals surface area contributed by atoms with Crippen LogP contribution >= 0.6 is 0 Å². The van der Waals surface area contributed by atoms with E-state index in [4.69, 9.17) is 4.74 Å². The largest absolute Gasteiger partial charge is 0.481 e. The molecule has 4 rings (SSSR count). The third-order valence-electron chi connectivity index (χ3n) is 6.82. The summed E-state index contributed by atoms with van der Waals surface area (Å²) >= 11 is 0. The minimum absolute atomic E-state index is 0.0825. The van der Waals surface area contributed by atoms with Gasteiger partial charge in [0.2, 0.25) is 0 Å². The Morgan fingerprint density at radius 3 is 2.33 bits per heavy atom. The van der Waals surface area contributed by atoms with E-state index < -0.39 is 6.10 Å². The zero-order chi connectivity index (χ0) is 25.9. The van der Waals surface area contributed by atoms with Crippen molar-refractivity contribution in [3.8, 4) is 17.0 Å². The first-order valence-electron chi connectivity index (χ1n) is 12.9. The molecule has 0 radical (unpaired) electrons. The predicted molar refractivity (Wildman–Crippen MR) is 147 cm³/mol. The maximum Gasteiger partial charge on any atom is 0.265 e. The molecule has 1 aromatic heterocycles. The maximum atomic E-state index is 12.8. The minimum Gasteiger partial charge on any atom is -0.481 e. The Hall–Kier alpha value is -3.41. The van der Waals surface area contributed by atoms with Crippen LogP contribution in [0, 0.1) is 12.8 Å². The van der Waals surface area contributed by atoms with Crippen molar-refractivity contribution in [2.24, 2.45) is 5.92 Å². The second-order valence-electron chi connectivity index (χ2n) is 11.0. The molecule has 6 nitrogen and oxygen atoms in total. The van der Waals surface area contributed by atoms with Crippen molar-refractivity contribution in [2.45, 2.75) is 65.9 Å². The number of ether oxygens (including phenoxy) is 1. The van der Waals surface area contributed by atoms with E-state index in [0.717, 1.165) is 47.4 Å². The van der Waals surface area contributed by atoms with Gasteiger partial charge in [-0.05, 0) is 73.9 Å². The number of aryl methyl sites for hydroxylation is 1. The number of hydrogen-bond acceptors (Lipinski definition) is 5. The van der Waals surface area contributed by atoms with E-state index in [2.05, 4.69) is 61.1 Å². The molecule has 2 aromatic carbocycles. The third-order valence-corrected chi connectivity index (χ3v) is 6.82. The molecule has 6 heteroatoms. The van der Waals surface area contributed by atoms with Crippen molar-refractivity contribution in [1.29, 1.82) is 0 Å². The molecule has 3 aromatic rings. The van der Waals surface area contributed by atoms with E-state index >= 15 is 0 Å². The van der Waals surface area contributed by atoms with E-state index in [9.17, 15) is 4.79 Å². The lowest BCUT2D eigenvalue weighted by molar-refractivity contribution is -0.122. The van der Waals surface area contributed by atoms with Crippen molar-refractivity contribution in [1.82, 2.24) is 10.2 Å². The fourth-order valence-electron chi connectivity index (χ4n) is 4.43. The molecule has 1 saturated heterocycles. The first-order chi connectivity index (χ1) is 17.1. The molecule has 1 unspecified atom stereocenters. The Morgan fingerprint density at radius 2 is 1.72 bits per heavy atom. The summed E-state index contributed by atoms with van der Waals surface area (Å²) in [7, 11) is 0. The fraction of sp³-hybridized carbons (Fsp3) is 0.433. The molecule has 190 valence electrons. The van der Waals surface area contributed by atoms with Gasteiger partial charge in [-0.1, -0.05) is 57.5 Å². The van der Waals surface area contributed by atoms with Crippen molar-refractivity contribution in [2.75, 3.05) is 23.3 Å². The van der Waals surface area contributed by atoms with Gasteiger partial charge < -0.3 is 15.0 Å². The van der Waals surface area contributed by atoms with Crippen LogP contribution in [0.15, 0.2) is 54.6 Å². The molecule has 36 heavy (non-hydrogen) atoms. The molecule has 2 heterocycles. The Labute approximate surface area is 215 Å². The van der Waals surface area contributed by atoms with Crippen LogP contribution in [0.4, 0.5) is 11.5 Å². The van der Waals surface area contributed by atoms with E-state index in [1.54, 1.807) is 6.92 Å². The summed E-state index contributed by atoms with van der Waals surface area (Å²) in [6.45, 7) is 14.6. The van der Waals surface area contributed by atoms with Gasteiger partial charge in [0.15, 0.2) is 11.9 Å². The van der Waals surface area contributed by atoms with Crippen LogP contribution in [0.3, 0.4) is 0 Å². The molecule has 1 aliphatic rings. The van der Waals surface area contributed by atoms with Gasteiger partial charge in [-0.2, -0.15) is 0 Å². The quantitative estimate of drug-likeness (QED) is 0.437. The average molecular weight is 487 g/mol. The van der Waals surface area contributed by atoms with Crippen molar-refractivity contribution in [3.63, 3.8) is 0 Å².